The fourth-order valence-corrected chi connectivity index (χ4v) is 3.17. The third-order valence-electron chi connectivity index (χ3n) is 4.70. The van der Waals surface area contributed by atoms with Crippen molar-refractivity contribution in [2.75, 3.05) is 14.2 Å². The Morgan fingerprint density at radius 1 is 1.14 bits per heavy atom. The molecule has 1 aromatic heterocycles. The van der Waals surface area contributed by atoms with Gasteiger partial charge in [-0.3, -0.25) is 0 Å². The van der Waals surface area contributed by atoms with Crippen LogP contribution in [0.4, 0.5) is 4.79 Å². The van der Waals surface area contributed by atoms with E-state index in [0.717, 1.165) is 33.3 Å². The monoisotopic (exact) mass is 396 g/mol. The summed E-state index contributed by atoms with van der Waals surface area (Å²) in [6.07, 6.45) is 1.40. The van der Waals surface area contributed by atoms with Crippen molar-refractivity contribution >= 4 is 23.0 Å². The Morgan fingerprint density at radius 3 is 2.59 bits per heavy atom. The smallest absolute Gasteiger partial charge is 0.408 e. The van der Waals surface area contributed by atoms with Crippen LogP contribution in [0.15, 0.2) is 48.7 Å². The Hall–Kier alpha value is -3.48. The molecule has 29 heavy (non-hydrogen) atoms. The molecule has 0 unspecified atom stereocenters. The zero-order valence-electron chi connectivity index (χ0n) is 16.7. The summed E-state index contributed by atoms with van der Waals surface area (Å²) in [6.45, 7) is 2.07. The van der Waals surface area contributed by atoms with Gasteiger partial charge in [-0.1, -0.05) is 30.3 Å². The first kappa shape index (κ1) is 20.3. The molecule has 2 aromatic carbocycles. The number of carbonyl (C=O) groups is 2. The van der Waals surface area contributed by atoms with Gasteiger partial charge in [0.1, 0.15) is 18.4 Å². The van der Waals surface area contributed by atoms with Crippen LogP contribution in [0.2, 0.25) is 0 Å². The molecule has 3 aromatic rings. The number of H-pyrrole nitrogens is 1. The maximum Gasteiger partial charge on any atom is 0.408 e. The highest BCUT2D eigenvalue weighted by atomic mass is 16.6. The van der Waals surface area contributed by atoms with Gasteiger partial charge in [-0.05, 0) is 29.7 Å². The number of carbonyl (C=O) groups excluding carboxylic acids is 2. The zero-order chi connectivity index (χ0) is 20.8. The molecule has 1 atom stereocenters. The SMILES string of the molecule is COC(=O)[C@@H](Cc1c[nH]c2cc(OC)c(C)cc12)NC(=O)OCc1ccccc1. The van der Waals surface area contributed by atoms with Crippen LogP contribution in [-0.2, 0) is 27.3 Å². The third kappa shape index (κ3) is 4.87. The van der Waals surface area contributed by atoms with E-state index in [1.54, 1.807) is 7.11 Å². The second kappa shape index (κ2) is 9.14. The molecule has 0 aliphatic heterocycles. The second-order valence-corrected chi connectivity index (χ2v) is 6.67. The number of fused-ring (bicyclic) bond motifs is 1. The molecule has 0 aliphatic carbocycles. The maximum absolute atomic E-state index is 12.2. The van der Waals surface area contributed by atoms with Crippen molar-refractivity contribution in [2.24, 2.45) is 0 Å². The number of hydrogen-bond donors (Lipinski definition) is 2. The molecule has 0 bridgehead atoms. The molecular formula is C22H24N2O5. The van der Waals surface area contributed by atoms with Gasteiger partial charge in [-0.15, -0.1) is 0 Å². The molecule has 7 heteroatoms. The van der Waals surface area contributed by atoms with Gasteiger partial charge in [-0.2, -0.15) is 0 Å². The van der Waals surface area contributed by atoms with Crippen molar-refractivity contribution in [1.29, 1.82) is 0 Å². The first-order valence-corrected chi connectivity index (χ1v) is 9.21. The van der Waals surface area contributed by atoms with Gasteiger partial charge >= 0.3 is 12.1 Å². The molecule has 3 rings (SSSR count). The van der Waals surface area contributed by atoms with Gasteiger partial charge in [-0.25, -0.2) is 9.59 Å². The average Bonchev–Trinajstić information content (AvgIpc) is 3.12. The van der Waals surface area contributed by atoms with Gasteiger partial charge in [0.15, 0.2) is 0 Å². The van der Waals surface area contributed by atoms with Crippen LogP contribution in [0.1, 0.15) is 16.7 Å². The number of methoxy groups -OCH3 is 2. The molecular weight excluding hydrogens is 372 g/mol. The number of rotatable bonds is 7. The van der Waals surface area contributed by atoms with E-state index in [4.69, 9.17) is 14.2 Å². The number of alkyl carbamates (subject to hydrolysis) is 1. The minimum atomic E-state index is -0.871. The minimum Gasteiger partial charge on any atom is -0.496 e. The first-order chi connectivity index (χ1) is 14.0. The molecule has 1 heterocycles. The highest BCUT2D eigenvalue weighted by Crippen LogP contribution is 2.28. The van der Waals surface area contributed by atoms with Crippen molar-refractivity contribution in [3.8, 4) is 5.75 Å². The van der Waals surface area contributed by atoms with Crippen LogP contribution in [0, 0.1) is 6.92 Å². The number of nitrogens with one attached hydrogen (secondary N) is 2. The lowest BCUT2D eigenvalue weighted by Gasteiger charge is -2.16. The van der Waals surface area contributed by atoms with Crippen molar-refractivity contribution in [3.05, 3.63) is 65.4 Å². The fraction of sp³-hybridized carbons (Fsp3) is 0.273. The predicted molar refractivity (Wildman–Crippen MR) is 109 cm³/mol. The van der Waals surface area contributed by atoms with Crippen LogP contribution in [0.5, 0.6) is 5.75 Å². The topological polar surface area (TPSA) is 89.7 Å². The van der Waals surface area contributed by atoms with Gasteiger partial charge < -0.3 is 24.5 Å². The molecule has 1 amide bonds. The third-order valence-corrected chi connectivity index (χ3v) is 4.70. The average molecular weight is 396 g/mol. The molecule has 0 saturated carbocycles. The molecule has 0 fully saturated rings. The highest BCUT2D eigenvalue weighted by molar-refractivity contribution is 5.87. The van der Waals surface area contributed by atoms with Gasteiger partial charge in [0.2, 0.25) is 0 Å². The van der Waals surface area contributed by atoms with E-state index >= 15 is 0 Å². The molecule has 0 aliphatic rings. The van der Waals surface area contributed by atoms with Gasteiger partial charge in [0.05, 0.1) is 14.2 Å². The van der Waals surface area contributed by atoms with Crippen molar-refractivity contribution in [2.45, 2.75) is 26.0 Å². The molecule has 2 N–H and O–H groups in total. The standard InChI is InChI=1S/C22H24N2O5/c1-14-9-17-16(12-23-18(17)11-20(14)27-2)10-19(21(25)28-3)24-22(26)29-13-15-7-5-4-6-8-15/h4-9,11-12,19,23H,10,13H2,1-3H3,(H,24,26)/t19-/m1/s1. The van der Waals surface area contributed by atoms with E-state index < -0.39 is 18.1 Å². The summed E-state index contributed by atoms with van der Waals surface area (Å²) in [6, 6.07) is 12.3. The van der Waals surface area contributed by atoms with E-state index in [-0.39, 0.29) is 13.0 Å². The normalized spacial score (nSPS) is 11.7. The van der Waals surface area contributed by atoms with Crippen molar-refractivity contribution in [1.82, 2.24) is 10.3 Å². The van der Waals surface area contributed by atoms with Crippen LogP contribution in [-0.4, -0.2) is 37.3 Å². The highest BCUT2D eigenvalue weighted by Gasteiger charge is 2.24. The fourth-order valence-electron chi connectivity index (χ4n) is 3.17. The molecule has 0 spiro atoms. The summed E-state index contributed by atoms with van der Waals surface area (Å²) in [5.74, 6) is 0.235. The minimum absolute atomic E-state index is 0.118. The second-order valence-electron chi connectivity index (χ2n) is 6.67. The number of amides is 1. The number of aromatic amines is 1. The quantitative estimate of drug-likeness (QED) is 0.597. The summed E-state index contributed by atoms with van der Waals surface area (Å²) in [5, 5.41) is 3.56. The molecule has 152 valence electrons. The number of hydrogen-bond acceptors (Lipinski definition) is 5. The van der Waals surface area contributed by atoms with Crippen LogP contribution < -0.4 is 10.1 Å². The lowest BCUT2D eigenvalue weighted by molar-refractivity contribution is -0.142. The molecule has 0 saturated heterocycles. The summed E-state index contributed by atoms with van der Waals surface area (Å²) in [5.41, 5.74) is 3.60. The first-order valence-electron chi connectivity index (χ1n) is 9.21. The Bertz CT molecular complexity index is 997. The summed E-state index contributed by atoms with van der Waals surface area (Å²) in [4.78, 5) is 27.6. The number of ether oxygens (including phenoxy) is 3. The summed E-state index contributed by atoms with van der Waals surface area (Å²) < 4.78 is 15.4. The lowest BCUT2D eigenvalue weighted by Crippen LogP contribution is -2.43. The predicted octanol–water partition coefficient (Wildman–Crippen LogP) is 3.50. The Morgan fingerprint density at radius 2 is 1.90 bits per heavy atom. The number of esters is 1. The molecule has 0 radical (unpaired) electrons. The van der Waals surface area contributed by atoms with Gasteiger partial charge in [0, 0.05) is 29.6 Å². The van der Waals surface area contributed by atoms with E-state index in [9.17, 15) is 9.59 Å². The summed E-state index contributed by atoms with van der Waals surface area (Å²) >= 11 is 0. The Balaban J connectivity index is 1.72. The maximum atomic E-state index is 12.2. The van der Waals surface area contributed by atoms with Crippen LogP contribution in [0.25, 0.3) is 10.9 Å². The van der Waals surface area contributed by atoms with E-state index in [2.05, 4.69) is 10.3 Å². The number of aromatic nitrogens is 1. The molecule has 7 nitrogen and oxygen atoms in total. The van der Waals surface area contributed by atoms with E-state index in [0.29, 0.717) is 0 Å². The zero-order valence-corrected chi connectivity index (χ0v) is 16.7. The Labute approximate surface area is 169 Å². The number of benzene rings is 2. The lowest BCUT2D eigenvalue weighted by atomic mass is 10.0. The Kier molecular flexibility index (Phi) is 6.39. The largest absolute Gasteiger partial charge is 0.496 e. The van der Waals surface area contributed by atoms with Gasteiger partial charge in [0.25, 0.3) is 0 Å². The van der Waals surface area contributed by atoms with E-state index in [1.165, 1.54) is 7.11 Å². The van der Waals surface area contributed by atoms with Crippen LogP contribution >= 0.6 is 0 Å². The summed E-state index contributed by atoms with van der Waals surface area (Å²) in [7, 11) is 2.91. The van der Waals surface area contributed by atoms with Crippen LogP contribution in [0.3, 0.4) is 0 Å². The van der Waals surface area contributed by atoms with Crippen molar-refractivity contribution < 1.29 is 23.8 Å². The van der Waals surface area contributed by atoms with E-state index in [1.807, 2.05) is 55.6 Å². The van der Waals surface area contributed by atoms with Crippen molar-refractivity contribution in [3.63, 3.8) is 0 Å². The number of aryl methyl sites for hydroxylation is 1.